The molecule has 0 saturated carbocycles. The summed E-state index contributed by atoms with van der Waals surface area (Å²) in [4.78, 5) is 16.3. The van der Waals surface area contributed by atoms with Gasteiger partial charge in [0.1, 0.15) is 0 Å². The van der Waals surface area contributed by atoms with Crippen molar-refractivity contribution >= 4 is 11.7 Å². The molecule has 0 bridgehead atoms. The van der Waals surface area contributed by atoms with Crippen LogP contribution in [0.25, 0.3) is 0 Å². The second kappa shape index (κ2) is 8.17. The molecule has 3 heterocycles. The number of rotatable bonds is 6. The first kappa shape index (κ1) is 17.5. The van der Waals surface area contributed by atoms with Gasteiger partial charge in [0.05, 0.1) is 38.2 Å². The number of hydrogen-bond acceptors (Lipinski definition) is 4. The summed E-state index contributed by atoms with van der Waals surface area (Å²) in [6.45, 7) is 5.83. The normalized spacial score (nSPS) is 15.3. The number of ether oxygens (including phenoxy) is 1. The van der Waals surface area contributed by atoms with Crippen LogP contribution < -0.4 is 5.32 Å². The van der Waals surface area contributed by atoms with E-state index in [1.54, 1.807) is 18.1 Å². The van der Waals surface area contributed by atoms with Crippen LogP contribution in [0, 0.1) is 0 Å². The van der Waals surface area contributed by atoms with Crippen molar-refractivity contribution in [1.82, 2.24) is 24.1 Å². The highest BCUT2D eigenvalue weighted by atomic mass is 16.5. The van der Waals surface area contributed by atoms with E-state index in [0.717, 1.165) is 45.1 Å². The summed E-state index contributed by atoms with van der Waals surface area (Å²) >= 11 is 0. The zero-order valence-corrected chi connectivity index (χ0v) is 14.9. The molecule has 1 aliphatic heterocycles. The minimum absolute atomic E-state index is 0.145. The van der Waals surface area contributed by atoms with Gasteiger partial charge in [-0.25, -0.2) is 4.79 Å². The van der Waals surface area contributed by atoms with Gasteiger partial charge in [0.15, 0.2) is 0 Å². The summed E-state index contributed by atoms with van der Waals surface area (Å²) in [6, 6.07) is 3.83. The van der Waals surface area contributed by atoms with Crippen molar-refractivity contribution in [2.45, 2.75) is 13.1 Å². The Bertz CT molecular complexity index is 689. The van der Waals surface area contributed by atoms with Crippen LogP contribution in [0.5, 0.6) is 0 Å². The van der Waals surface area contributed by atoms with Gasteiger partial charge in [-0.1, -0.05) is 0 Å². The molecule has 0 spiro atoms. The van der Waals surface area contributed by atoms with Crippen LogP contribution in [0.1, 0.15) is 5.69 Å². The Hall–Kier alpha value is -2.32. The second-order valence-corrected chi connectivity index (χ2v) is 6.34. The average molecular weight is 346 g/mol. The first-order chi connectivity index (χ1) is 12.1. The maximum absolute atomic E-state index is 12.3. The Morgan fingerprint density at radius 2 is 2.16 bits per heavy atom. The van der Waals surface area contributed by atoms with Crippen LogP contribution in [-0.2, 0) is 24.9 Å². The second-order valence-electron chi connectivity index (χ2n) is 6.34. The van der Waals surface area contributed by atoms with Gasteiger partial charge in [0.2, 0.25) is 0 Å². The zero-order chi connectivity index (χ0) is 17.6. The van der Waals surface area contributed by atoms with Crippen LogP contribution in [0.2, 0.25) is 0 Å². The molecule has 8 heteroatoms. The minimum atomic E-state index is -0.145. The molecule has 25 heavy (non-hydrogen) atoms. The van der Waals surface area contributed by atoms with Crippen molar-refractivity contribution in [3.63, 3.8) is 0 Å². The molecule has 0 aliphatic carbocycles. The van der Waals surface area contributed by atoms with Gasteiger partial charge in [0.25, 0.3) is 0 Å². The summed E-state index contributed by atoms with van der Waals surface area (Å²) < 4.78 is 9.22. The van der Waals surface area contributed by atoms with E-state index in [1.807, 2.05) is 40.8 Å². The van der Waals surface area contributed by atoms with Crippen molar-refractivity contribution in [1.29, 1.82) is 0 Å². The van der Waals surface area contributed by atoms with E-state index < -0.39 is 0 Å². The lowest BCUT2D eigenvalue weighted by molar-refractivity contribution is 0.0360. The highest BCUT2D eigenvalue weighted by Crippen LogP contribution is 2.09. The lowest BCUT2D eigenvalue weighted by Gasteiger charge is -2.26. The van der Waals surface area contributed by atoms with Crippen molar-refractivity contribution < 1.29 is 9.53 Å². The van der Waals surface area contributed by atoms with Crippen LogP contribution >= 0.6 is 0 Å². The number of amides is 2. The van der Waals surface area contributed by atoms with E-state index >= 15 is 0 Å². The Balaban J connectivity index is 1.46. The van der Waals surface area contributed by atoms with Crippen molar-refractivity contribution in [2.24, 2.45) is 7.05 Å². The summed E-state index contributed by atoms with van der Waals surface area (Å²) in [7, 11) is 3.75. The van der Waals surface area contributed by atoms with Crippen LogP contribution in [0.3, 0.4) is 0 Å². The van der Waals surface area contributed by atoms with Gasteiger partial charge in [0, 0.05) is 51.8 Å². The standard InChI is InChI=1S/C17H26N6O2/c1-20-5-3-4-16(20)14-21(2)17(24)19-15-12-18-23(13-15)7-6-22-8-10-25-11-9-22/h3-5,12-13H,6-11,14H2,1-2H3,(H,19,24). The first-order valence-electron chi connectivity index (χ1n) is 8.57. The van der Waals surface area contributed by atoms with Crippen LogP contribution in [0.15, 0.2) is 30.7 Å². The third-order valence-corrected chi connectivity index (χ3v) is 4.43. The molecule has 1 fully saturated rings. The molecular weight excluding hydrogens is 320 g/mol. The smallest absolute Gasteiger partial charge is 0.322 e. The number of aryl methyl sites for hydroxylation is 1. The maximum Gasteiger partial charge on any atom is 0.322 e. The van der Waals surface area contributed by atoms with Crippen molar-refractivity contribution in [3.05, 3.63) is 36.4 Å². The van der Waals surface area contributed by atoms with Gasteiger partial charge in [-0.2, -0.15) is 5.10 Å². The minimum Gasteiger partial charge on any atom is -0.379 e. The van der Waals surface area contributed by atoms with E-state index in [9.17, 15) is 4.79 Å². The molecule has 3 rings (SSSR count). The summed E-state index contributed by atoms with van der Waals surface area (Å²) in [5.74, 6) is 0. The number of carbonyl (C=O) groups excluding carboxylic acids is 1. The number of aromatic nitrogens is 3. The number of nitrogens with one attached hydrogen (secondary N) is 1. The molecule has 0 atom stereocenters. The average Bonchev–Trinajstić information content (AvgIpc) is 3.23. The number of carbonyl (C=O) groups is 1. The molecule has 2 aromatic rings. The van der Waals surface area contributed by atoms with Gasteiger partial charge >= 0.3 is 6.03 Å². The van der Waals surface area contributed by atoms with Gasteiger partial charge in [-0.15, -0.1) is 0 Å². The fourth-order valence-electron chi connectivity index (χ4n) is 2.81. The molecule has 0 unspecified atom stereocenters. The molecule has 2 amide bonds. The summed E-state index contributed by atoms with van der Waals surface area (Å²) in [5, 5.41) is 7.22. The quantitative estimate of drug-likeness (QED) is 0.854. The molecular formula is C17H26N6O2. The number of hydrogen-bond donors (Lipinski definition) is 1. The molecule has 0 aromatic carbocycles. The number of morpholine rings is 1. The number of nitrogens with zero attached hydrogens (tertiary/aromatic N) is 5. The highest BCUT2D eigenvalue weighted by Gasteiger charge is 2.13. The van der Waals surface area contributed by atoms with E-state index in [0.29, 0.717) is 12.2 Å². The Morgan fingerprint density at radius 3 is 2.88 bits per heavy atom. The first-order valence-corrected chi connectivity index (χ1v) is 8.57. The Morgan fingerprint density at radius 1 is 1.36 bits per heavy atom. The highest BCUT2D eigenvalue weighted by molar-refractivity contribution is 5.88. The Labute approximate surface area is 148 Å². The predicted molar refractivity (Wildman–Crippen MR) is 95.4 cm³/mol. The van der Waals surface area contributed by atoms with E-state index in [4.69, 9.17) is 4.74 Å². The van der Waals surface area contributed by atoms with Crippen LogP contribution in [-0.4, -0.2) is 70.1 Å². The van der Waals surface area contributed by atoms with E-state index in [1.165, 1.54) is 0 Å². The lowest BCUT2D eigenvalue weighted by Crippen LogP contribution is -2.38. The fraction of sp³-hybridized carbons (Fsp3) is 0.529. The molecule has 1 aliphatic rings. The van der Waals surface area contributed by atoms with E-state index in [2.05, 4.69) is 15.3 Å². The topological polar surface area (TPSA) is 67.6 Å². The van der Waals surface area contributed by atoms with Crippen LogP contribution in [0.4, 0.5) is 10.5 Å². The Kier molecular flexibility index (Phi) is 5.72. The molecule has 136 valence electrons. The third kappa shape index (κ3) is 4.83. The molecule has 2 aromatic heterocycles. The monoisotopic (exact) mass is 346 g/mol. The third-order valence-electron chi connectivity index (χ3n) is 4.43. The zero-order valence-electron chi connectivity index (χ0n) is 14.9. The molecule has 0 radical (unpaired) electrons. The van der Waals surface area contributed by atoms with E-state index in [-0.39, 0.29) is 6.03 Å². The SMILES string of the molecule is CN(Cc1cccn1C)C(=O)Nc1cnn(CCN2CCOCC2)c1. The maximum atomic E-state index is 12.3. The van der Waals surface area contributed by atoms with Crippen molar-refractivity contribution in [3.8, 4) is 0 Å². The van der Waals surface area contributed by atoms with Gasteiger partial charge < -0.3 is 19.5 Å². The summed E-state index contributed by atoms with van der Waals surface area (Å²) in [5.41, 5.74) is 1.80. The lowest BCUT2D eigenvalue weighted by atomic mass is 10.4. The van der Waals surface area contributed by atoms with Gasteiger partial charge in [-0.05, 0) is 12.1 Å². The van der Waals surface area contributed by atoms with Gasteiger partial charge in [-0.3, -0.25) is 9.58 Å². The largest absolute Gasteiger partial charge is 0.379 e. The number of anilines is 1. The van der Waals surface area contributed by atoms with Crippen molar-refractivity contribution in [2.75, 3.05) is 45.2 Å². The fourth-order valence-corrected chi connectivity index (χ4v) is 2.81. The predicted octanol–water partition coefficient (Wildman–Crippen LogP) is 1.22. The molecule has 1 saturated heterocycles. The molecule has 8 nitrogen and oxygen atoms in total. The summed E-state index contributed by atoms with van der Waals surface area (Å²) in [6.07, 6.45) is 5.53. The number of urea groups is 1. The molecule has 1 N–H and O–H groups in total.